The zero-order valence-electron chi connectivity index (χ0n) is 21.4. The van der Waals surface area contributed by atoms with Crippen LogP contribution >= 0.6 is 0 Å². The molecule has 0 spiro atoms. The summed E-state index contributed by atoms with van der Waals surface area (Å²) in [5, 5.41) is 11.6. The van der Waals surface area contributed by atoms with E-state index in [1.54, 1.807) is 42.6 Å². The van der Waals surface area contributed by atoms with E-state index in [1.165, 1.54) is 19.2 Å². The zero-order chi connectivity index (χ0) is 27.8. The topological polar surface area (TPSA) is 124 Å². The monoisotopic (exact) mass is 536 g/mol. The molecule has 3 aromatic rings. The van der Waals surface area contributed by atoms with Gasteiger partial charge in [0.25, 0.3) is 5.91 Å². The third kappa shape index (κ3) is 7.76. The van der Waals surface area contributed by atoms with Crippen molar-refractivity contribution in [3.05, 3.63) is 77.2 Å². The van der Waals surface area contributed by atoms with E-state index in [0.29, 0.717) is 40.7 Å². The third-order valence-electron chi connectivity index (χ3n) is 6.16. The fraction of sp³-hybridized carbons (Fsp3) is 0.310. The molecule has 0 saturated heterocycles. The first-order valence-corrected chi connectivity index (χ1v) is 12.5. The molecule has 1 aliphatic carbocycles. The Bertz CT molecular complexity index is 1360. The molecule has 4 rings (SSSR count). The largest absolute Gasteiger partial charge is 0.494 e. The van der Waals surface area contributed by atoms with Gasteiger partial charge in [-0.05, 0) is 60.7 Å². The molecular formula is C29H29FN2O7. The molecule has 1 heterocycles. The summed E-state index contributed by atoms with van der Waals surface area (Å²) in [6.45, 7) is 0.490. The summed E-state index contributed by atoms with van der Waals surface area (Å²) in [5.74, 6) is -1.63. The SMILES string of the molecule is COc1ccc(CNC(=O)c2cc(-c3ncccc3COC(=O)CCC(=O)O)ccc2OCC2CC2)cc1F. The Morgan fingerprint density at radius 3 is 2.59 bits per heavy atom. The van der Waals surface area contributed by atoms with Gasteiger partial charge in [0.2, 0.25) is 0 Å². The summed E-state index contributed by atoms with van der Waals surface area (Å²) in [4.78, 5) is 40.3. The Morgan fingerprint density at radius 1 is 1.08 bits per heavy atom. The Balaban J connectivity index is 1.54. The predicted molar refractivity (Wildman–Crippen MR) is 139 cm³/mol. The molecule has 0 radical (unpaired) electrons. The molecule has 2 N–H and O–H groups in total. The summed E-state index contributed by atoms with van der Waals surface area (Å²) in [5.41, 5.74) is 2.55. The highest BCUT2D eigenvalue weighted by atomic mass is 19.1. The summed E-state index contributed by atoms with van der Waals surface area (Å²) >= 11 is 0. The van der Waals surface area contributed by atoms with E-state index in [1.807, 2.05) is 0 Å². The fourth-order valence-corrected chi connectivity index (χ4v) is 3.82. The number of carbonyl (C=O) groups excluding carboxylic acids is 2. The number of amides is 1. The number of nitrogens with zero attached hydrogens (tertiary/aromatic N) is 1. The van der Waals surface area contributed by atoms with Crippen molar-refractivity contribution in [2.75, 3.05) is 13.7 Å². The van der Waals surface area contributed by atoms with Crippen molar-refractivity contribution in [3.8, 4) is 22.8 Å². The second-order valence-electron chi connectivity index (χ2n) is 9.18. The standard InChI is InChI=1S/C29H29FN2O7/c1-37-25-8-6-19(13-23(25)30)15-32-29(36)22-14-20(7-9-24(22)38-16-18-4-5-18)28-21(3-2-12-31-28)17-39-27(35)11-10-26(33)34/h2-3,6-9,12-14,18H,4-5,10-11,15-17H2,1H3,(H,32,36)(H,33,34). The number of carbonyl (C=O) groups is 3. The lowest BCUT2D eigenvalue weighted by atomic mass is 10.0. The zero-order valence-corrected chi connectivity index (χ0v) is 21.4. The molecule has 0 unspecified atom stereocenters. The maximum atomic E-state index is 14.1. The number of pyridine rings is 1. The minimum Gasteiger partial charge on any atom is -0.494 e. The van der Waals surface area contributed by atoms with Crippen LogP contribution in [0.1, 0.15) is 47.2 Å². The minimum absolute atomic E-state index is 0.0904. The normalized spacial score (nSPS) is 12.5. The smallest absolute Gasteiger partial charge is 0.306 e. The lowest BCUT2D eigenvalue weighted by Crippen LogP contribution is -2.24. The molecule has 0 bridgehead atoms. The number of nitrogens with one attached hydrogen (secondary N) is 1. The van der Waals surface area contributed by atoms with Crippen molar-refractivity contribution in [1.82, 2.24) is 10.3 Å². The third-order valence-corrected chi connectivity index (χ3v) is 6.16. The number of aliphatic carboxylic acids is 1. The van der Waals surface area contributed by atoms with Gasteiger partial charge in [-0.1, -0.05) is 12.1 Å². The summed E-state index contributed by atoms with van der Waals surface area (Å²) < 4.78 is 30.2. The van der Waals surface area contributed by atoms with Crippen molar-refractivity contribution in [3.63, 3.8) is 0 Å². The first-order chi connectivity index (χ1) is 18.8. The highest BCUT2D eigenvalue weighted by Gasteiger charge is 2.24. The average molecular weight is 537 g/mol. The Kier molecular flexibility index (Phi) is 9.09. The maximum absolute atomic E-state index is 14.1. The Morgan fingerprint density at radius 2 is 1.87 bits per heavy atom. The first-order valence-electron chi connectivity index (χ1n) is 12.5. The number of carboxylic acids is 1. The molecule has 39 heavy (non-hydrogen) atoms. The molecule has 1 aromatic heterocycles. The molecule has 2 aromatic carbocycles. The number of aromatic nitrogens is 1. The van der Waals surface area contributed by atoms with Gasteiger partial charge >= 0.3 is 11.9 Å². The van der Waals surface area contributed by atoms with Crippen molar-refractivity contribution >= 4 is 17.8 Å². The number of carboxylic acid groups (broad SMARTS) is 1. The van der Waals surface area contributed by atoms with E-state index >= 15 is 0 Å². The van der Waals surface area contributed by atoms with Gasteiger partial charge in [-0.2, -0.15) is 0 Å². The van der Waals surface area contributed by atoms with Crippen molar-refractivity contribution in [1.29, 1.82) is 0 Å². The van der Waals surface area contributed by atoms with Crippen LogP contribution < -0.4 is 14.8 Å². The minimum atomic E-state index is -1.08. The van der Waals surface area contributed by atoms with Crippen molar-refractivity contribution in [2.45, 2.75) is 38.8 Å². The number of ether oxygens (including phenoxy) is 3. The number of esters is 1. The summed E-state index contributed by atoms with van der Waals surface area (Å²) in [6.07, 6.45) is 3.21. The predicted octanol–water partition coefficient (Wildman–Crippen LogP) is 4.52. The number of hydrogen-bond donors (Lipinski definition) is 2. The maximum Gasteiger partial charge on any atom is 0.306 e. The fourth-order valence-electron chi connectivity index (χ4n) is 3.82. The lowest BCUT2D eigenvalue weighted by Gasteiger charge is -2.15. The van der Waals surface area contributed by atoms with Crippen molar-refractivity contribution in [2.24, 2.45) is 5.92 Å². The van der Waals surface area contributed by atoms with E-state index < -0.39 is 23.7 Å². The number of methoxy groups -OCH3 is 1. The van der Waals surface area contributed by atoms with E-state index in [4.69, 9.17) is 19.3 Å². The quantitative estimate of drug-likeness (QED) is 0.306. The molecule has 1 amide bonds. The number of benzene rings is 2. The van der Waals surface area contributed by atoms with Crippen molar-refractivity contribution < 1.29 is 38.1 Å². The molecule has 0 aliphatic heterocycles. The van der Waals surface area contributed by atoms with E-state index in [-0.39, 0.29) is 37.3 Å². The van der Waals surface area contributed by atoms with Gasteiger partial charge in [-0.25, -0.2) is 4.39 Å². The summed E-state index contributed by atoms with van der Waals surface area (Å²) in [6, 6.07) is 13.0. The molecule has 204 valence electrons. The molecule has 9 nitrogen and oxygen atoms in total. The Hall–Kier alpha value is -4.47. The molecule has 1 fully saturated rings. The first kappa shape index (κ1) is 27.6. The van der Waals surface area contributed by atoms with Crippen LogP contribution in [0.2, 0.25) is 0 Å². The molecular weight excluding hydrogens is 507 g/mol. The molecule has 1 saturated carbocycles. The average Bonchev–Trinajstić information content (AvgIpc) is 3.77. The second-order valence-corrected chi connectivity index (χ2v) is 9.18. The van der Waals surface area contributed by atoms with Gasteiger partial charge in [0.05, 0.1) is 37.8 Å². The number of hydrogen-bond acceptors (Lipinski definition) is 7. The molecule has 0 atom stereocenters. The molecule has 1 aliphatic rings. The van der Waals surface area contributed by atoms with Crippen LogP contribution in [0.4, 0.5) is 4.39 Å². The van der Waals surface area contributed by atoms with Crippen LogP contribution in [0.25, 0.3) is 11.3 Å². The lowest BCUT2D eigenvalue weighted by molar-refractivity contribution is -0.148. The van der Waals surface area contributed by atoms with Crippen LogP contribution in [0.15, 0.2) is 54.7 Å². The van der Waals surface area contributed by atoms with E-state index in [2.05, 4.69) is 10.3 Å². The number of rotatable bonds is 13. The van der Waals surface area contributed by atoms with Crippen LogP contribution in [-0.4, -0.2) is 41.7 Å². The van der Waals surface area contributed by atoms with Gasteiger partial charge in [0, 0.05) is 23.9 Å². The van der Waals surface area contributed by atoms with Gasteiger partial charge in [0.15, 0.2) is 11.6 Å². The van der Waals surface area contributed by atoms with Crippen LogP contribution in [0.5, 0.6) is 11.5 Å². The highest BCUT2D eigenvalue weighted by Crippen LogP contribution is 2.32. The molecule has 10 heteroatoms. The van der Waals surface area contributed by atoms with Crippen LogP contribution in [-0.2, 0) is 27.5 Å². The van der Waals surface area contributed by atoms with Gasteiger partial charge in [-0.3, -0.25) is 19.4 Å². The van der Waals surface area contributed by atoms with E-state index in [0.717, 1.165) is 12.8 Å². The number of halogens is 1. The van der Waals surface area contributed by atoms with Gasteiger partial charge in [-0.15, -0.1) is 0 Å². The highest BCUT2D eigenvalue weighted by molar-refractivity contribution is 5.98. The van der Waals surface area contributed by atoms with E-state index in [9.17, 15) is 18.8 Å². The van der Waals surface area contributed by atoms with Crippen LogP contribution in [0, 0.1) is 11.7 Å². The van der Waals surface area contributed by atoms with Crippen LogP contribution in [0.3, 0.4) is 0 Å². The Labute approximate surface area is 224 Å². The van der Waals surface area contributed by atoms with Gasteiger partial charge in [0.1, 0.15) is 12.4 Å². The van der Waals surface area contributed by atoms with Gasteiger partial charge < -0.3 is 24.6 Å². The summed E-state index contributed by atoms with van der Waals surface area (Å²) in [7, 11) is 1.38. The second kappa shape index (κ2) is 12.9.